The molecular weight excluding hydrogens is 486 g/mol. The first-order valence-corrected chi connectivity index (χ1v) is 11.7. The van der Waals surface area contributed by atoms with Crippen LogP contribution < -0.4 is 10.2 Å². The van der Waals surface area contributed by atoms with Gasteiger partial charge in [0.2, 0.25) is 0 Å². The van der Waals surface area contributed by atoms with Crippen LogP contribution in [0.3, 0.4) is 0 Å². The fraction of sp³-hybridized carbons (Fsp3) is 0.240. The molecule has 0 spiro atoms. The number of aromatic nitrogens is 1. The fourth-order valence-electron chi connectivity index (χ4n) is 5.52. The van der Waals surface area contributed by atoms with Gasteiger partial charge in [-0.15, -0.1) is 0 Å². The highest BCUT2D eigenvalue weighted by Crippen LogP contribution is 2.43. The molecule has 6 rings (SSSR count). The van der Waals surface area contributed by atoms with Crippen LogP contribution in [0.2, 0.25) is 0 Å². The second-order valence-electron chi connectivity index (χ2n) is 8.93. The number of anilines is 1. The lowest BCUT2D eigenvalue weighted by molar-refractivity contribution is -0.120. The molecule has 36 heavy (non-hydrogen) atoms. The lowest BCUT2D eigenvalue weighted by Gasteiger charge is -2.36. The number of imide groups is 1. The molecule has 3 aliphatic rings. The summed E-state index contributed by atoms with van der Waals surface area (Å²) >= 11 is 5.51. The van der Waals surface area contributed by atoms with Gasteiger partial charge in [0.05, 0.1) is 24.0 Å². The summed E-state index contributed by atoms with van der Waals surface area (Å²) in [5.41, 5.74) is 0.419. The van der Waals surface area contributed by atoms with Crippen molar-refractivity contribution < 1.29 is 18.4 Å². The van der Waals surface area contributed by atoms with Gasteiger partial charge in [0, 0.05) is 29.4 Å². The molecule has 180 valence electrons. The molecule has 0 saturated carbocycles. The monoisotopic (exact) mass is 504 g/mol. The summed E-state index contributed by atoms with van der Waals surface area (Å²) in [5.74, 6) is -1.73. The number of pyridine rings is 1. The van der Waals surface area contributed by atoms with Crippen molar-refractivity contribution >= 4 is 45.7 Å². The van der Waals surface area contributed by atoms with Gasteiger partial charge >= 0.3 is 6.03 Å². The van der Waals surface area contributed by atoms with E-state index in [-0.39, 0.29) is 35.0 Å². The van der Waals surface area contributed by atoms with Crippen molar-refractivity contribution in [1.29, 1.82) is 5.26 Å². The number of likely N-dealkylation sites (tertiary alicyclic amines) is 1. The number of halogens is 2. The summed E-state index contributed by atoms with van der Waals surface area (Å²) in [5, 5.41) is 13.7. The summed E-state index contributed by atoms with van der Waals surface area (Å²) in [7, 11) is 0. The molecule has 2 bridgehead atoms. The second-order valence-corrected chi connectivity index (χ2v) is 9.31. The summed E-state index contributed by atoms with van der Waals surface area (Å²) in [6, 6.07) is 10.9. The predicted molar refractivity (Wildman–Crippen MR) is 130 cm³/mol. The van der Waals surface area contributed by atoms with Crippen molar-refractivity contribution in [3.63, 3.8) is 0 Å². The number of nitriles is 1. The Balaban J connectivity index is 1.26. The Bertz CT molecular complexity index is 1490. The molecule has 3 aromatic rings. The van der Waals surface area contributed by atoms with Crippen LogP contribution >= 0.6 is 12.2 Å². The number of rotatable bonds is 3. The van der Waals surface area contributed by atoms with E-state index in [1.54, 1.807) is 29.2 Å². The van der Waals surface area contributed by atoms with Gasteiger partial charge in [-0.2, -0.15) is 5.26 Å². The quantitative estimate of drug-likeness (QED) is 0.433. The molecule has 11 heteroatoms. The van der Waals surface area contributed by atoms with Crippen molar-refractivity contribution in [3.8, 4) is 6.07 Å². The largest absolute Gasteiger partial charge is 0.358 e. The highest BCUT2D eigenvalue weighted by molar-refractivity contribution is 7.80. The van der Waals surface area contributed by atoms with Crippen molar-refractivity contribution in [2.24, 2.45) is 0 Å². The summed E-state index contributed by atoms with van der Waals surface area (Å²) < 4.78 is 28.0. The lowest BCUT2D eigenvalue weighted by Crippen LogP contribution is -2.56. The van der Waals surface area contributed by atoms with Crippen molar-refractivity contribution in [1.82, 2.24) is 20.1 Å². The van der Waals surface area contributed by atoms with Crippen LogP contribution in [-0.4, -0.2) is 56.5 Å². The zero-order chi connectivity index (χ0) is 25.1. The topological polar surface area (TPSA) is 92.6 Å². The highest BCUT2D eigenvalue weighted by Gasteiger charge is 2.62. The van der Waals surface area contributed by atoms with Crippen LogP contribution in [0.1, 0.15) is 17.7 Å². The van der Waals surface area contributed by atoms with Gasteiger partial charge in [-0.1, -0.05) is 30.3 Å². The van der Waals surface area contributed by atoms with Gasteiger partial charge in [-0.05, 0) is 30.8 Å². The Kier molecular flexibility index (Phi) is 5.08. The average molecular weight is 505 g/mol. The maximum absolute atomic E-state index is 14.0. The number of hydrogen-bond acceptors (Lipinski definition) is 5. The zero-order valence-electron chi connectivity index (χ0n) is 18.7. The SMILES string of the molecule is N#Cc1ncc(N2C(=O)C3C4C[C@H](CN4C(=S)NCc4c(F)cccc4F)N3C2=O)c2ccccc12. The summed E-state index contributed by atoms with van der Waals surface area (Å²) in [6.07, 6.45) is 1.95. The molecule has 2 unspecified atom stereocenters. The van der Waals surface area contributed by atoms with Gasteiger partial charge in [-0.25, -0.2) is 23.5 Å². The molecule has 1 aromatic heterocycles. The number of nitrogens with zero attached hydrogens (tertiary/aromatic N) is 5. The zero-order valence-corrected chi connectivity index (χ0v) is 19.5. The first kappa shape index (κ1) is 22.3. The number of piperazine rings is 1. The lowest BCUT2D eigenvalue weighted by atomic mass is 10.1. The first-order chi connectivity index (χ1) is 17.4. The molecular formula is C25H18F2N6O2S. The number of urea groups is 1. The van der Waals surface area contributed by atoms with Crippen LogP contribution in [-0.2, 0) is 11.3 Å². The Hall–Kier alpha value is -4.17. The molecule has 3 atom stereocenters. The minimum Gasteiger partial charge on any atom is -0.358 e. The Morgan fingerprint density at radius 1 is 1.14 bits per heavy atom. The van der Waals surface area contributed by atoms with E-state index < -0.39 is 29.6 Å². The molecule has 0 radical (unpaired) electrons. The van der Waals surface area contributed by atoms with Crippen LogP contribution in [0.15, 0.2) is 48.7 Å². The average Bonchev–Trinajstić information content (AvgIpc) is 3.54. The Labute approximate surface area is 209 Å². The van der Waals surface area contributed by atoms with Crippen molar-refractivity contribution in [2.75, 3.05) is 11.4 Å². The van der Waals surface area contributed by atoms with E-state index in [9.17, 15) is 23.6 Å². The van der Waals surface area contributed by atoms with E-state index >= 15 is 0 Å². The maximum atomic E-state index is 14.0. The minimum absolute atomic E-state index is 0.121. The molecule has 3 amide bonds. The van der Waals surface area contributed by atoms with E-state index in [0.29, 0.717) is 29.4 Å². The third-order valence-corrected chi connectivity index (χ3v) is 7.50. The minimum atomic E-state index is -0.740. The molecule has 0 aliphatic carbocycles. The van der Waals surface area contributed by atoms with E-state index in [1.807, 2.05) is 11.0 Å². The Morgan fingerprint density at radius 2 is 1.86 bits per heavy atom. The van der Waals surface area contributed by atoms with E-state index in [4.69, 9.17) is 12.2 Å². The van der Waals surface area contributed by atoms with Gasteiger partial charge in [0.25, 0.3) is 5.91 Å². The van der Waals surface area contributed by atoms with Crippen LogP contribution in [0.4, 0.5) is 19.3 Å². The predicted octanol–water partition coefficient (Wildman–Crippen LogP) is 3.05. The van der Waals surface area contributed by atoms with Crippen molar-refractivity contribution in [2.45, 2.75) is 31.1 Å². The number of carbonyl (C=O) groups is 2. The molecule has 3 saturated heterocycles. The molecule has 3 fully saturated rings. The molecule has 2 aromatic carbocycles. The van der Waals surface area contributed by atoms with E-state index in [1.165, 1.54) is 24.4 Å². The third-order valence-electron chi connectivity index (χ3n) is 7.12. The second kappa shape index (κ2) is 8.20. The number of fused-ring (bicyclic) bond motifs is 6. The standard InChI is InChI=1S/C25H18F2N6O2S/c26-17-6-3-7-18(27)16(17)10-30-24(36)31-12-13-8-20(31)22-23(34)33(25(35)32(13)22)21-11-29-19(9-28)14-4-1-2-5-15(14)21/h1-7,11,13,20,22H,8,10,12H2,(H,30,36)/t13-,20?,22?/m1/s1. The number of amides is 3. The highest BCUT2D eigenvalue weighted by atomic mass is 32.1. The van der Waals surface area contributed by atoms with E-state index in [0.717, 1.165) is 4.90 Å². The Morgan fingerprint density at radius 3 is 2.58 bits per heavy atom. The third kappa shape index (κ3) is 3.14. The van der Waals surface area contributed by atoms with Crippen LogP contribution in [0.25, 0.3) is 10.8 Å². The summed E-state index contributed by atoms with van der Waals surface area (Å²) in [6.45, 7) is 0.271. The number of nitrogens with one attached hydrogen (secondary N) is 1. The normalized spacial score (nSPS) is 22.4. The van der Waals surface area contributed by atoms with Gasteiger partial charge in [-0.3, -0.25) is 4.79 Å². The molecule has 1 N–H and O–H groups in total. The first-order valence-electron chi connectivity index (χ1n) is 11.3. The number of thiocarbonyl (C=S) groups is 1. The van der Waals surface area contributed by atoms with Crippen molar-refractivity contribution in [3.05, 3.63) is 71.6 Å². The smallest absolute Gasteiger partial charge is 0.332 e. The maximum Gasteiger partial charge on any atom is 0.332 e. The van der Waals surface area contributed by atoms with Gasteiger partial charge in [0.1, 0.15) is 29.4 Å². The number of hydrogen-bond donors (Lipinski definition) is 1. The number of benzene rings is 2. The van der Waals surface area contributed by atoms with Gasteiger partial charge < -0.3 is 15.1 Å². The van der Waals surface area contributed by atoms with Gasteiger partial charge in [0.15, 0.2) is 5.11 Å². The molecule has 3 aliphatic heterocycles. The van der Waals surface area contributed by atoms with Crippen LogP contribution in [0, 0.1) is 23.0 Å². The molecule has 8 nitrogen and oxygen atoms in total. The fourth-order valence-corrected chi connectivity index (χ4v) is 5.81. The summed E-state index contributed by atoms with van der Waals surface area (Å²) in [4.78, 5) is 35.8. The van der Waals surface area contributed by atoms with E-state index in [2.05, 4.69) is 10.3 Å². The molecule has 4 heterocycles. The number of carbonyl (C=O) groups excluding carboxylic acids is 2. The van der Waals surface area contributed by atoms with Crippen LogP contribution in [0.5, 0.6) is 0 Å².